The molecule has 0 bridgehead atoms. The van der Waals surface area contributed by atoms with Gasteiger partial charge in [-0.25, -0.2) is 9.97 Å². The first kappa shape index (κ1) is 20.7. The number of anilines is 2. The third-order valence-electron chi connectivity index (χ3n) is 5.04. The average molecular weight is 462 g/mol. The molecular formula is C24H20ClN5OS. The van der Waals surface area contributed by atoms with Crippen LogP contribution in [-0.2, 0) is 6.61 Å². The smallest absolute Gasteiger partial charge is 0.151 e. The van der Waals surface area contributed by atoms with Crippen molar-refractivity contribution in [2.75, 3.05) is 11.9 Å². The first-order valence-corrected chi connectivity index (χ1v) is 11.5. The van der Waals surface area contributed by atoms with Crippen molar-refractivity contribution in [1.29, 1.82) is 0 Å². The number of ether oxygens (including phenoxy) is 1. The zero-order chi connectivity index (χ0) is 21.8. The van der Waals surface area contributed by atoms with Crippen LogP contribution in [0.5, 0.6) is 5.75 Å². The van der Waals surface area contributed by atoms with Crippen LogP contribution in [0.1, 0.15) is 23.4 Å². The Morgan fingerprint density at radius 3 is 2.97 bits per heavy atom. The second kappa shape index (κ2) is 9.53. The summed E-state index contributed by atoms with van der Waals surface area (Å²) in [5, 5.41) is 7.25. The molecule has 1 aromatic carbocycles. The van der Waals surface area contributed by atoms with Gasteiger partial charge in [-0.1, -0.05) is 29.5 Å². The van der Waals surface area contributed by atoms with Crippen LogP contribution >= 0.6 is 22.9 Å². The van der Waals surface area contributed by atoms with Crippen molar-refractivity contribution in [3.63, 3.8) is 0 Å². The number of rotatable bonds is 5. The van der Waals surface area contributed by atoms with E-state index in [0.717, 1.165) is 45.3 Å². The molecule has 32 heavy (non-hydrogen) atoms. The highest BCUT2D eigenvalue weighted by Crippen LogP contribution is 2.33. The number of hydrogen-bond donors (Lipinski definition) is 2. The summed E-state index contributed by atoms with van der Waals surface area (Å²) >= 11 is 8.03. The second-order valence-electron chi connectivity index (χ2n) is 7.35. The minimum Gasteiger partial charge on any atom is -0.486 e. The van der Waals surface area contributed by atoms with E-state index in [-0.39, 0.29) is 6.04 Å². The van der Waals surface area contributed by atoms with E-state index < -0.39 is 0 Å². The Kier molecular flexibility index (Phi) is 6.17. The van der Waals surface area contributed by atoms with Gasteiger partial charge in [0.15, 0.2) is 5.82 Å². The summed E-state index contributed by atoms with van der Waals surface area (Å²) in [7, 11) is 0. The molecule has 0 saturated carbocycles. The zero-order valence-electron chi connectivity index (χ0n) is 17.1. The number of hydrogen-bond acceptors (Lipinski definition) is 7. The molecule has 1 atom stereocenters. The van der Waals surface area contributed by atoms with Crippen LogP contribution in [0.4, 0.5) is 11.5 Å². The number of thiophene rings is 1. The van der Waals surface area contributed by atoms with Crippen LogP contribution in [0.25, 0.3) is 10.2 Å². The van der Waals surface area contributed by atoms with Crippen molar-refractivity contribution in [2.24, 2.45) is 0 Å². The monoisotopic (exact) mass is 461 g/mol. The van der Waals surface area contributed by atoms with Gasteiger partial charge in [0.05, 0.1) is 31.9 Å². The number of nitrogens with one attached hydrogen (secondary N) is 2. The maximum Gasteiger partial charge on any atom is 0.151 e. The van der Waals surface area contributed by atoms with Crippen molar-refractivity contribution in [3.8, 4) is 17.6 Å². The molecule has 6 nitrogen and oxygen atoms in total. The lowest BCUT2D eigenvalue weighted by Gasteiger charge is -2.11. The molecule has 4 aromatic rings. The van der Waals surface area contributed by atoms with Gasteiger partial charge in [0.1, 0.15) is 18.7 Å². The minimum absolute atomic E-state index is 0.282. The Morgan fingerprint density at radius 2 is 2.16 bits per heavy atom. The molecule has 0 aliphatic carbocycles. The quantitative estimate of drug-likeness (QED) is 0.400. The molecule has 160 valence electrons. The lowest BCUT2D eigenvalue weighted by atomic mass is 10.2. The lowest BCUT2D eigenvalue weighted by molar-refractivity contribution is 0.301. The molecule has 0 spiro atoms. The van der Waals surface area contributed by atoms with Gasteiger partial charge >= 0.3 is 0 Å². The Hall–Kier alpha value is -3.18. The Bertz CT molecular complexity index is 1290. The lowest BCUT2D eigenvalue weighted by Crippen LogP contribution is -2.18. The third kappa shape index (κ3) is 4.83. The second-order valence-corrected chi connectivity index (χ2v) is 8.80. The molecule has 1 fully saturated rings. The van der Waals surface area contributed by atoms with E-state index in [1.54, 1.807) is 23.9 Å². The Morgan fingerprint density at radius 1 is 1.19 bits per heavy atom. The predicted octanol–water partition coefficient (Wildman–Crippen LogP) is 5.17. The standard InChI is InChI=1S/C24H20ClN5OS/c25-20-12-17(7-9-22(20)31-14-18-4-1-2-10-27-18)30-24-23-21(28-15-29-24)13-19(32-23)8-6-16-5-3-11-26-16/h1-2,4,7,9-10,12-13,15-16,26H,3,5,11,14H2,(H,28,29,30). The van der Waals surface area contributed by atoms with E-state index in [2.05, 4.69) is 37.4 Å². The summed E-state index contributed by atoms with van der Waals surface area (Å²) in [5.74, 6) is 7.92. The largest absolute Gasteiger partial charge is 0.486 e. The molecule has 0 radical (unpaired) electrons. The zero-order valence-corrected chi connectivity index (χ0v) is 18.7. The fraction of sp³-hybridized carbons (Fsp3) is 0.208. The topological polar surface area (TPSA) is 72.0 Å². The fourth-order valence-corrected chi connectivity index (χ4v) is 4.59. The van der Waals surface area contributed by atoms with E-state index in [1.807, 2.05) is 42.5 Å². The van der Waals surface area contributed by atoms with E-state index in [9.17, 15) is 0 Å². The Balaban J connectivity index is 1.32. The molecule has 1 unspecified atom stereocenters. The van der Waals surface area contributed by atoms with Gasteiger partial charge in [-0.05, 0) is 55.8 Å². The third-order valence-corrected chi connectivity index (χ3v) is 6.38. The molecule has 2 N–H and O–H groups in total. The van der Waals surface area contributed by atoms with Crippen LogP contribution in [0.3, 0.4) is 0 Å². The highest BCUT2D eigenvalue weighted by atomic mass is 35.5. The number of halogens is 1. The molecule has 8 heteroatoms. The van der Waals surface area contributed by atoms with Crippen molar-refractivity contribution in [1.82, 2.24) is 20.3 Å². The van der Waals surface area contributed by atoms with Crippen molar-refractivity contribution in [3.05, 3.63) is 70.6 Å². The van der Waals surface area contributed by atoms with Gasteiger partial charge in [-0.3, -0.25) is 4.98 Å². The van der Waals surface area contributed by atoms with Crippen LogP contribution in [0, 0.1) is 11.8 Å². The SMILES string of the molecule is Clc1cc(Nc2ncnc3cc(C#CC4CCCN4)sc23)ccc1OCc1ccccn1. The van der Waals surface area contributed by atoms with Crippen molar-refractivity contribution < 1.29 is 4.74 Å². The fourth-order valence-electron chi connectivity index (χ4n) is 3.44. The molecule has 0 amide bonds. The van der Waals surface area contributed by atoms with Crippen LogP contribution in [0.2, 0.25) is 5.02 Å². The van der Waals surface area contributed by atoms with Gasteiger partial charge < -0.3 is 15.4 Å². The van der Waals surface area contributed by atoms with E-state index in [1.165, 1.54) is 6.42 Å². The minimum atomic E-state index is 0.282. The number of benzene rings is 1. The van der Waals surface area contributed by atoms with E-state index >= 15 is 0 Å². The molecule has 4 heterocycles. The summed E-state index contributed by atoms with van der Waals surface area (Å²) in [4.78, 5) is 14.1. The first-order valence-electron chi connectivity index (χ1n) is 10.3. The summed E-state index contributed by atoms with van der Waals surface area (Å²) in [5.41, 5.74) is 2.53. The van der Waals surface area contributed by atoms with Crippen LogP contribution < -0.4 is 15.4 Å². The number of aromatic nitrogens is 3. The maximum absolute atomic E-state index is 6.45. The van der Waals surface area contributed by atoms with Gasteiger partial charge in [0, 0.05) is 11.9 Å². The normalized spacial score (nSPS) is 15.3. The molecule has 1 aliphatic heterocycles. The molecule has 5 rings (SSSR count). The predicted molar refractivity (Wildman–Crippen MR) is 129 cm³/mol. The number of nitrogens with zero attached hydrogens (tertiary/aromatic N) is 3. The molecular weight excluding hydrogens is 442 g/mol. The summed E-state index contributed by atoms with van der Waals surface area (Å²) in [6.45, 7) is 1.40. The van der Waals surface area contributed by atoms with Crippen molar-refractivity contribution >= 4 is 44.7 Å². The van der Waals surface area contributed by atoms with Crippen LogP contribution in [0.15, 0.2) is 55.0 Å². The highest BCUT2D eigenvalue weighted by molar-refractivity contribution is 7.20. The van der Waals surface area contributed by atoms with E-state index in [4.69, 9.17) is 16.3 Å². The first-order chi connectivity index (χ1) is 15.7. The Labute approximate surface area is 195 Å². The number of fused-ring (bicyclic) bond motifs is 1. The van der Waals surface area contributed by atoms with Gasteiger partial charge in [-0.15, -0.1) is 11.3 Å². The van der Waals surface area contributed by atoms with Gasteiger partial charge in [-0.2, -0.15) is 0 Å². The maximum atomic E-state index is 6.45. The van der Waals surface area contributed by atoms with Crippen molar-refractivity contribution in [2.45, 2.75) is 25.5 Å². The molecule has 1 aliphatic rings. The van der Waals surface area contributed by atoms with E-state index in [0.29, 0.717) is 17.4 Å². The number of pyridine rings is 1. The highest BCUT2D eigenvalue weighted by Gasteiger charge is 2.12. The molecule has 3 aromatic heterocycles. The summed E-state index contributed by atoms with van der Waals surface area (Å²) < 4.78 is 6.77. The summed E-state index contributed by atoms with van der Waals surface area (Å²) in [6.07, 6.45) is 5.58. The van der Waals surface area contributed by atoms with Gasteiger partial charge in [0.2, 0.25) is 0 Å². The molecule has 1 saturated heterocycles. The average Bonchev–Trinajstić information content (AvgIpc) is 3.48. The van der Waals surface area contributed by atoms with Gasteiger partial charge in [0.25, 0.3) is 0 Å². The summed E-state index contributed by atoms with van der Waals surface area (Å²) in [6, 6.07) is 13.6. The van der Waals surface area contributed by atoms with Crippen LogP contribution in [-0.4, -0.2) is 27.5 Å².